The third-order valence-corrected chi connectivity index (χ3v) is 2.08. The molecule has 0 saturated heterocycles. The number of hydrogen-bond donors (Lipinski definition) is 3. The first-order valence-electron chi connectivity index (χ1n) is 5.41. The van der Waals surface area contributed by atoms with Crippen LogP contribution in [0.25, 0.3) is 0 Å². The highest BCUT2D eigenvalue weighted by Gasteiger charge is 1.96. The van der Waals surface area contributed by atoms with Crippen molar-refractivity contribution in [1.82, 2.24) is 5.32 Å². The van der Waals surface area contributed by atoms with Gasteiger partial charge in [0.1, 0.15) is 6.21 Å². The number of unbranched alkanes of at least 4 members (excludes halogenated alkanes) is 3. The molecule has 15 heavy (non-hydrogen) atoms. The second-order valence-corrected chi connectivity index (χ2v) is 3.91. The quantitative estimate of drug-likeness (QED) is 0.217. The first kappa shape index (κ1) is 13.9. The Bertz CT molecular complexity index is 193. The third kappa shape index (κ3) is 10.8. The van der Waals surface area contributed by atoms with E-state index in [9.17, 15) is 4.79 Å². The lowest BCUT2D eigenvalue weighted by atomic mass is 10.2. The van der Waals surface area contributed by atoms with E-state index in [4.69, 9.17) is 5.21 Å². The highest BCUT2D eigenvalue weighted by molar-refractivity contribution is 6.25. The van der Waals surface area contributed by atoms with Crippen LogP contribution < -0.4 is 10.2 Å². The smallest absolute Gasteiger partial charge is 0.265 e. The van der Waals surface area contributed by atoms with Gasteiger partial charge < -0.3 is 15.4 Å². The Balaban J connectivity index is 3.15. The number of amides is 1. The van der Waals surface area contributed by atoms with Gasteiger partial charge in [-0.15, -0.1) is 0 Å². The largest absolute Gasteiger partial charge is 0.411 e. The summed E-state index contributed by atoms with van der Waals surface area (Å²) in [6.07, 6.45) is 5.41. The number of hydrogen-bond acceptors (Lipinski definition) is 3. The van der Waals surface area contributed by atoms with Gasteiger partial charge in [-0.2, -0.15) is 0 Å². The number of nitrogens with zero attached hydrogens (tertiary/aromatic N) is 1. The van der Waals surface area contributed by atoms with Crippen molar-refractivity contribution in [3.63, 3.8) is 0 Å². The van der Waals surface area contributed by atoms with Crippen molar-refractivity contribution in [2.75, 3.05) is 27.2 Å². The monoisotopic (exact) mass is 216 g/mol. The number of oxime groups is 1. The Morgan fingerprint density at radius 2 is 2.00 bits per heavy atom. The molecule has 88 valence electrons. The first-order valence-corrected chi connectivity index (χ1v) is 5.41. The van der Waals surface area contributed by atoms with Crippen molar-refractivity contribution in [3.05, 3.63) is 0 Å². The van der Waals surface area contributed by atoms with Gasteiger partial charge in [-0.3, -0.25) is 4.79 Å². The van der Waals surface area contributed by atoms with E-state index in [-0.39, 0.29) is 5.91 Å². The minimum atomic E-state index is -0.338. The molecule has 0 aliphatic carbocycles. The molecule has 1 amide bonds. The molecule has 0 heterocycles. The van der Waals surface area contributed by atoms with Gasteiger partial charge in [0.05, 0.1) is 20.6 Å². The van der Waals surface area contributed by atoms with Crippen molar-refractivity contribution in [3.8, 4) is 0 Å². The average molecular weight is 216 g/mol. The fourth-order valence-corrected chi connectivity index (χ4v) is 1.27. The van der Waals surface area contributed by atoms with E-state index >= 15 is 0 Å². The fraction of sp³-hybridized carbons (Fsp3) is 0.800. The summed E-state index contributed by atoms with van der Waals surface area (Å²) < 4.78 is 0. The summed E-state index contributed by atoms with van der Waals surface area (Å²) in [5.41, 5.74) is 0. The third-order valence-electron chi connectivity index (χ3n) is 2.08. The van der Waals surface area contributed by atoms with Gasteiger partial charge in [0, 0.05) is 6.54 Å². The lowest BCUT2D eigenvalue weighted by Crippen LogP contribution is -3.05. The predicted molar refractivity (Wildman–Crippen MR) is 59.4 cm³/mol. The molecular formula is C10H22N3O2+. The number of rotatable bonds is 8. The standard InChI is InChI=1S/C10H21N3O2/c1-13(2)8-6-4-3-5-7-11-10(14)9-12-15/h9,15H,3-8H2,1-2H3,(H,11,14)/p+1/b12-9+. The van der Waals surface area contributed by atoms with Crippen molar-refractivity contribution in [2.24, 2.45) is 5.16 Å². The summed E-state index contributed by atoms with van der Waals surface area (Å²) >= 11 is 0. The number of carbonyl (C=O) groups excluding carboxylic acids is 1. The van der Waals surface area contributed by atoms with Crippen LogP contribution >= 0.6 is 0 Å². The van der Waals surface area contributed by atoms with Crippen LogP contribution in [0.15, 0.2) is 5.16 Å². The van der Waals surface area contributed by atoms with Crippen LogP contribution in [0, 0.1) is 0 Å². The van der Waals surface area contributed by atoms with Crippen LogP contribution in [0.2, 0.25) is 0 Å². The number of carbonyl (C=O) groups is 1. The van der Waals surface area contributed by atoms with Crippen LogP contribution in [0.1, 0.15) is 25.7 Å². The Morgan fingerprint density at radius 3 is 2.60 bits per heavy atom. The summed E-state index contributed by atoms with van der Waals surface area (Å²) in [5.74, 6) is -0.338. The molecule has 0 fully saturated rings. The summed E-state index contributed by atoms with van der Waals surface area (Å²) in [6, 6.07) is 0. The van der Waals surface area contributed by atoms with Gasteiger partial charge in [0.15, 0.2) is 0 Å². The van der Waals surface area contributed by atoms with E-state index in [0.717, 1.165) is 19.1 Å². The van der Waals surface area contributed by atoms with E-state index in [1.54, 1.807) is 0 Å². The molecule has 0 bridgehead atoms. The zero-order valence-corrected chi connectivity index (χ0v) is 9.62. The van der Waals surface area contributed by atoms with Crippen LogP contribution in [0.5, 0.6) is 0 Å². The van der Waals surface area contributed by atoms with Crippen molar-refractivity contribution < 1.29 is 14.9 Å². The molecule has 0 spiro atoms. The second-order valence-electron chi connectivity index (χ2n) is 3.91. The molecule has 0 radical (unpaired) electrons. The zero-order chi connectivity index (χ0) is 11.5. The molecule has 0 saturated carbocycles. The molecule has 0 rings (SSSR count). The van der Waals surface area contributed by atoms with Crippen LogP contribution in [0.4, 0.5) is 0 Å². The van der Waals surface area contributed by atoms with Gasteiger partial charge in [-0.25, -0.2) is 0 Å². The molecule has 0 unspecified atom stereocenters. The van der Waals surface area contributed by atoms with Crippen molar-refractivity contribution in [2.45, 2.75) is 25.7 Å². The molecule has 0 aliphatic heterocycles. The second kappa shape index (κ2) is 9.45. The van der Waals surface area contributed by atoms with Gasteiger partial charge >= 0.3 is 0 Å². The molecule has 0 aliphatic rings. The van der Waals surface area contributed by atoms with Crippen molar-refractivity contribution >= 4 is 12.1 Å². The van der Waals surface area contributed by atoms with Gasteiger partial charge in [-0.05, 0) is 19.3 Å². The maximum atomic E-state index is 10.8. The molecule has 0 aromatic heterocycles. The molecule has 0 atom stereocenters. The summed E-state index contributed by atoms with van der Waals surface area (Å²) in [6.45, 7) is 1.85. The molecule has 0 aromatic rings. The first-order chi connectivity index (χ1) is 7.16. The molecular weight excluding hydrogens is 194 g/mol. The van der Waals surface area contributed by atoms with E-state index in [0.29, 0.717) is 6.54 Å². The fourth-order valence-electron chi connectivity index (χ4n) is 1.27. The Morgan fingerprint density at radius 1 is 1.33 bits per heavy atom. The molecule has 5 heteroatoms. The number of quaternary nitrogens is 1. The average Bonchev–Trinajstić information content (AvgIpc) is 2.16. The van der Waals surface area contributed by atoms with E-state index in [2.05, 4.69) is 24.6 Å². The van der Waals surface area contributed by atoms with Crippen molar-refractivity contribution in [1.29, 1.82) is 0 Å². The zero-order valence-electron chi connectivity index (χ0n) is 9.62. The topological polar surface area (TPSA) is 66.1 Å². The maximum Gasteiger partial charge on any atom is 0.265 e. The molecule has 3 N–H and O–H groups in total. The minimum absolute atomic E-state index is 0.338. The lowest BCUT2D eigenvalue weighted by molar-refractivity contribution is -0.858. The van der Waals surface area contributed by atoms with Crippen LogP contribution in [-0.4, -0.2) is 44.5 Å². The Kier molecular flexibility index (Phi) is 8.76. The van der Waals surface area contributed by atoms with Crippen LogP contribution in [-0.2, 0) is 4.79 Å². The SMILES string of the molecule is C[NH+](C)CCCCCCNC(=O)/C=N/O. The summed E-state index contributed by atoms with van der Waals surface area (Å²) in [7, 11) is 4.29. The normalized spacial score (nSPS) is 11.1. The highest BCUT2D eigenvalue weighted by Crippen LogP contribution is 1.96. The Hall–Kier alpha value is -1.10. The Labute approximate surface area is 91.1 Å². The van der Waals surface area contributed by atoms with E-state index in [1.165, 1.54) is 24.3 Å². The van der Waals surface area contributed by atoms with E-state index < -0.39 is 0 Å². The van der Waals surface area contributed by atoms with Gasteiger partial charge in [-0.1, -0.05) is 11.6 Å². The van der Waals surface area contributed by atoms with E-state index in [1.807, 2.05) is 0 Å². The minimum Gasteiger partial charge on any atom is -0.411 e. The summed E-state index contributed by atoms with van der Waals surface area (Å²) in [5, 5.41) is 13.3. The lowest BCUT2D eigenvalue weighted by Gasteiger charge is -2.06. The summed E-state index contributed by atoms with van der Waals surface area (Å²) in [4.78, 5) is 12.3. The van der Waals surface area contributed by atoms with Gasteiger partial charge in [0.2, 0.25) is 0 Å². The van der Waals surface area contributed by atoms with Crippen LogP contribution in [0.3, 0.4) is 0 Å². The predicted octanol–water partition coefficient (Wildman–Crippen LogP) is -0.732. The molecule has 5 nitrogen and oxygen atoms in total. The number of nitrogens with one attached hydrogen (secondary N) is 2. The van der Waals surface area contributed by atoms with Gasteiger partial charge in [0.25, 0.3) is 5.91 Å². The molecule has 0 aromatic carbocycles. The highest BCUT2D eigenvalue weighted by atomic mass is 16.4. The maximum absolute atomic E-state index is 10.8.